The molecule has 1 aromatic rings. The molecule has 0 aromatic heterocycles. The third-order valence-corrected chi connectivity index (χ3v) is 2.44. The SMILES string of the molecule is CCC(O)CCNC(=O)COc1cccc(F)c1. The summed E-state index contributed by atoms with van der Waals surface area (Å²) in [7, 11) is 0. The van der Waals surface area contributed by atoms with Crippen LogP contribution in [0.15, 0.2) is 24.3 Å². The molecule has 1 aromatic carbocycles. The largest absolute Gasteiger partial charge is 0.484 e. The maximum Gasteiger partial charge on any atom is 0.257 e. The van der Waals surface area contributed by atoms with E-state index in [1.165, 1.54) is 18.2 Å². The molecular formula is C13H18FNO3. The highest BCUT2D eigenvalue weighted by atomic mass is 19.1. The van der Waals surface area contributed by atoms with Crippen molar-refractivity contribution in [2.45, 2.75) is 25.9 Å². The first-order valence-corrected chi connectivity index (χ1v) is 5.95. The predicted octanol–water partition coefficient (Wildman–Crippen LogP) is 1.48. The minimum absolute atomic E-state index is 0.161. The van der Waals surface area contributed by atoms with E-state index in [2.05, 4.69) is 5.32 Å². The number of nitrogens with one attached hydrogen (secondary N) is 1. The number of carbonyl (C=O) groups is 1. The van der Waals surface area contributed by atoms with Crippen molar-refractivity contribution in [2.24, 2.45) is 0 Å². The van der Waals surface area contributed by atoms with Gasteiger partial charge in [0.15, 0.2) is 6.61 Å². The highest BCUT2D eigenvalue weighted by molar-refractivity contribution is 5.77. The van der Waals surface area contributed by atoms with Gasteiger partial charge in [0.1, 0.15) is 11.6 Å². The summed E-state index contributed by atoms with van der Waals surface area (Å²) in [5.41, 5.74) is 0. The average molecular weight is 255 g/mol. The van der Waals surface area contributed by atoms with Gasteiger partial charge in [0.2, 0.25) is 0 Å². The summed E-state index contributed by atoms with van der Waals surface area (Å²) in [6, 6.07) is 5.62. The molecule has 100 valence electrons. The van der Waals surface area contributed by atoms with Crippen LogP contribution >= 0.6 is 0 Å². The third-order valence-electron chi connectivity index (χ3n) is 2.44. The maximum absolute atomic E-state index is 12.8. The van der Waals surface area contributed by atoms with Crippen LogP contribution in [0, 0.1) is 5.82 Å². The van der Waals surface area contributed by atoms with E-state index in [-0.39, 0.29) is 12.5 Å². The lowest BCUT2D eigenvalue weighted by molar-refractivity contribution is -0.123. The number of hydrogen-bond donors (Lipinski definition) is 2. The Balaban J connectivity index is 2.21. The lowest BCUT2D eigenvalue weighted by atomic mass is 10.2. The van der Waals surface area contributed by atoms with Crippen molar-refractivity contribution in [1.82, 2.24) is 5.32 Å². The molecule has 0 aliphatic carbocycles. The summed E-state index contributed by atoms with van der Waals surface area (Å²) in [6.07, 6.45) is 0.784. The second-order valence-corrected chi connectivity index (χ2v) is 3.95. The molecule has 0 saturated heterocycles. The van der Waals surface area contributed by atoms with Crippen LogP contribution in [-0.4, -0.2) is 30.3 Å². The minimum atomic E-state index is -0.404. The number of carbonyl (C=O) groups excluding carboxylic acids is 1. The Kier molecular flexibility index (Phi) is 6.14. The Morgan fingerprint density at radius 3 is 3.00 bits per heavy atom. The standard InChI is InChI=1S/C13H18FNO3/c1-2-11(16)6-7-15-13(17)9-18-12-5-3-4-10(14)8-12/h3-5,8,11,16H,2,6-7,9H2,1H3,(H,15,17). The molecule has 0 bridgehead atoms. The van der Waals surface area contributed by atoms with E-state index >= 15 is 0 Å². The van der Waals surface area contributed by atoms with Gasteiger partial charge in [-0.15, -0.1) is 0 Å². The highest BCUT2D eigenvalue weighted by Crippen LogP contribution is 2.11. The molecule has 0 saturated carbocycles. The molecule has 1 rings (SSSR count). The third kappa shape index (κ3) is 5.63. The van der Waals surface area contributed by atoms with Gasteiger partial charge in [-0.1, -0.05) is 13.0 Å². The van der Waals surface area contributed by atoms with Gasteiger partial charge in [-0.05, 0) is 25.0 Å². The van der Waals surface area contributed by atoms with Gasteiger partial charge in [0.05, 0.1) is 6.10 Å². The Hall–Kier alpha value is -1.62. The number of hydrogen-bond acceptors (Lipinski definition) is 3. The van der Waals surface area contributed by atoms with E-state index in [0.717, 1.165) is 0 Å². The Morgan fingerprint density at radius 1 is 1.56 bits per heavy atom. The zero-order valence-electron chi connectivity index (χ0n) is 10.4. The molecule has 0 aliphatic rings. The number of amides is 1. The van der Waals surface area contributed by atoms with Crippen LogP contribution < -0.4 is 10.1 Å². The topological polar surface area (TPSA) is 58.6 Å². The van der Waals surface area contributed by atoms with Crippen molar-refractivity contribution in [1.29, 1.82) is 0 Å². The smallest absolute Gasteiger partial charge is 0.257 e. The number of aliphatic hydroxyl groups is 1. The number of benzene rings is 1. The Morgan fingerprint density at radius 2 is 2.33 bits per heavy atom. The molecule has 1 atom stereocenters. The van der Waals surface area contributed by atoms with Gasteiger partial charge in [-0.3, -0.25) is 4.79 Å². The molecule has 1 unspecified atom stereocenters. The average Bonchev–Trinajstić information content (AvgIpc) is 2.36. The van der Waals surface area contributed by atoms with Gasteiger partial charge >= 0.3 is 0 Å². The molecular weight excluding hydrogens is 237 g/mol. The molecule has 0 radical (unpaired) electrons. The summed E-state index contributed by atoms with van der Waals surface area (Å²) in [5.74, 6) is -0.375. The number of halogens is 1. The molecule has 5 heteroatoms. The lowest BCUT2D eigenvalue weighted by Gasteiger charge is -2.09. The molecule has 1 amide bonds. The van der Waals surface area contributed by atoms with E-state index in [1.54, 1.807) is 6.07 Å². The number of rotatable bonds is 7. The highest BCUT2D eigenvalue weighted by Gasteiger charge is 2.05. The van der Waals surface area contributed by atoms with Crippen molar-refractivity contribution < 1.29 is 19.0 Å². The predicted molar refractivity (Wildman–Crippen MR) is 65.8 cm³/mol. The summed E-state index contributed by atoms with van der Waals surface area (Å²) in [5, 5.41) is 11.9. The second kappa shape index (κ2) is 7.66. The Labute approximate surface area is 106 Å². The first-order valence-electron chi connectivity index (χ1n) is 5.95. The molecule has 0 aliphatic heterocycles. The zero-order valence-corrected chi connectivity index (χ0v) is 10.4. The van der Waals surface area contributed by atoms with E-state index in [9.17, 15) is 14.3 Å². The van der Waals surface area contributed by atoms with E-state index in [1.807, 2.05) is 6.92 Å². The van der Waals surface area contributed by atoms with Crippen molar-refractivity contribution in [3.8, 4) is 5.75 Å². The Bertz CT molecular complexity index is 384. The van der Waals surface area contributed by atoms with Crippen LogP contribution in [0.4, 0.5) is 4.39 Å². The number of aliphatic hydroxyl groups excluding tert-OH is 1. The van der Waals surface area contributed by atoms with Gasteiger partial charge in [0, 0.05) is 12.6 Å². The monoisotopic (exact) mass is 255 g/mol. The molecule has 0 spiro atoms. The molecule has 0 heterocycles. The number of ether oxygens (including phenoxy) is 1. The normalized spacial score (nSPS) is 11.9. The van der Waals surface area contributed by atoms with Crippen LogP contribution in [0.25, 0.3) is 0 Å². The fourth-order valence-electron chi connectivity index (χ4n) is 1.34. The van der Waals surface area contributed by atoms with Crippen LogP contribution in [0.3, 0.4) is 0 Å². The second-order valence-electron chi connectivity index (χ2n) is 3.95. The maximum atomic E-state index is 12.8. The molecule has 4 nitrogen and oxygen atoms in total. The fourth-order valence-corrected chi connectivity index (χ4v) is 1.34. The zero-order chi connectivity index (χ0) is 13.4. The van der Waals surface area contributed by atoms with Crippen molar-refractivity contribution in [3.63, 3.8) is 0 Å². The van der Waals surface area contributed by atoms with Crippen LogP contribution in [0.1, 0.15) is 19.8 Å². The fraction of sp³-hybridized carbons (Fsp3) is 0.462. The molecule has 18 heavy (non-hydrogen) atoms. The van der Waals surface area contributed by atoms with Gasteiger partial charge in [-0.25, -0.2) is 4.39 Å². The first kappa shape index (κ1) is 14.4. The van der Waals surface area contributed by atoms with Crippen LogP contribution in [-0.2, 0) is 4.79 Å². The van der Waals surface area contributed by atoms with Crippen molar-refractivity contribution in [3.05, 3.63) is 30.1 Å². The van der Waals surface area contributed by atoms with E-state index in [0.29, 0.717) is 25.1 Å². The van der Waals surface area contributed by atoms with Crippen molar-refractivity contribution in [2.75, 3.05) is 13.2 Å². The van der Waals surface area contributed by atoms with Crippen LogP contribution in [0.5, 0.6) is 5.75 Å². The quantitative estimate of drug-likeness (QED) is 0.776. The summed E-state index contributed by atoms with van der Waals surface area (Å²) >= 11 is 0. The summed E-state index contributed by atoms with van der Waals surface area (Å²) < 4.78 is 17.9. The van der Waals surface area contributed by atoms with Crippen molar-refractivity contribution >= 4 is 5.91 Å². The van der Waals surface area contributed by atoms with E-state index < -0.39 is 11.9 Å². The lowest BCUT2D eigenvalue weighted by Crippen LogP contribution is -2.31. The van der Waals surface area contributed by atoms with Gasteiger partial charge in [-0.2, -0.15) is 0 Å². The first-order chi connectivity index (χ1) is 8.61. The molecule has 0 fully saturated rings. The van der Waals surface area contributed by atoms with E-state index in [4.69, 9.17) is 4.74 Å². The van der Waals surface area contributed by atoms with Crippen LogP contribution in [0.2, 0.25) is 0 Å². The summed E-state index contributed by atoms with van der Waals surface area (Å²) in [4.78, 5) is 11.4. The minimum Gasteiger partial charge on any atom is -0.484 e. The summed E-state index contributed by atoms with van der Waals surface area (Å²) in [6.45, 7) is 2.12. The van der Waals surface area contributed by atoms with Gasteiger partial charge in [0.25, 0.3) is 5.91 Å². The van der Waals surface area contributed by atoms with Gasteiger partial charge < -0.3 is 15.2 Å². The molecule has 2 N–H and O–H groups in total.